The maximum atomic E-state index is 12.7. The van der Waals surface area contributed by atoms with E-state index in [9.17, 15) is 9.18 Å². The van der Waals surface area contributed by atoms with Crippen molar-refractivity contribution < 1.29 is 14.3 Å². The van der Waals surface area contributed by atoms with Crippen LogP contribution in [0.3, 0.4) is 0 Å². The van der Waals surface area contributed by atoms with Crippen molar-refractivity contribution in [1.82, 2.24) is 10.3 Å². The zero-order valence-corrected chi connectivity index (χ0v) is 11.6. The van der Waals surface area contributed by atoms with Crippen molar-refractivity contribution in [1.29, 1.82) is 0 Å². The molecule has 0 spiro atoms. The zero-order valence-electron chi connectivity index (χ0n) is 10.8. The van der Waals surface area contributed by atoms with Gasteiger partial charge in [0.25, 0.3) is 0 Å². The molecule has 0 saturated heterocycles. The van der Waals surface area contributed by atoms with Crippen molar-refractivity contribution >= 4 is 17.3 Å². The van der Waals surface area contributed by atoms with E-state index >= 15 is 0 Å². The molecule has 0 fully saturated rings. The Morgan fingerprint density at radius 1 is 1.25 bits per heavy atom. The molecule has 0 aliphatic heterocycles. The normalized spacial score (nSPS) is 10.7. The second kappa shape index (κ2) is 7.12. The average molecular weight is 294 g/mol. The topological polar surface area (TPSA) is 62.2 Å². The first kappa shape index (κ1) is 14.6. The smallest absolute Gasteiger partial charge is 0.355 e. The number of nitrogens with one attached hydrogen (secondary N) is 1. The second-order valence-electron chi connectivity index (χ2n) is 4.31. The number of carboxylic acid groups (broad SMARTS) is 1. The lowest BCUT2D eigenvalue weighted by atomic mass is 10.1. The molecule has 0 atom stereocenters. The van der Waals surface area contributed by atoms with E-state index in [1.165, 1.54) is 23.5 Å². The number of rotatable bonds is 7. The third kappa shape index (κ3) is 4.40. The summed E-state index contributed by atoms with van der Waals surface area (Å²) in [4.78, 5) is 14.7. The largest absolute Gasteiger partial charge is 0.476 e. The van der Waals surface area contributed by atoms with Crippen LogP contribution in [0.2, 0.25) is 0 Å². The van der Waals surface area contributed by atoms with Gasteiger partial charge in [-0.25, -0.2) is 14.2 Å². The van der Waals surface area contributed by atoms with Gasteiger partial charge in [-0.1, -0.05) is 12.1 Å². The molecular weight excluding hydrogens is 279 g/mol. The summed E-state index contributed by atoms with van der Waals surface area (Å²) in [5, 5.41) is 14.4. The lowest BCUT2D eigenvalue weighted by molar-refractivity contribution is 0.0691. The van der Waals surface area contributed by atoms with Crippen molar-refractivity contribution in [2.24, 2.45) is 0 Å². The number of aromatic carboxylic acids is 1. The fourth-order valence-corrected chi connectivity index (χ4v) is 2.50. The predicted molar refractivity (Wildman–Crippen MR) is 75.8 cm³/mol. The molecule has 6 heteroatoms. The highest BCUT2D eigenvalue weighted by Gasteiger charge is 2.07. The molecule has 0 aliphatic rings. The van der Waals surface area contributed by atoms with Crippen molar-refractivity contribution in [3.8, 4) is 0 Å². The SMILES string of the molecule is O=C(O)c1csc(CCNCCc2ccc(F)cc2)n1. The van der Waals surface area contributed by atoms with Gasteiger partial charge >= 0.3 is 5.97 Å². The summed E-state index contributed by atoms with van der Waals surface area (Å²) in [5.74, 6) is -1.21. The van der Waals surface area contributed by atoms with Crippen LogP contribution in [0.15, 0.2) is 29.6 Å². The van der Waals surface area contributed by atoms with E-state index in [2.05, 4.69) is 10.3 Å². The van der Waals surface area contributed by atoms with Gasteiger partial charge in [0, 0.05) is 18.3 Å². The molecule has 4 nitrogen and oxygen atoms in total. The van der Waals surface area contributed by atoms with Gasteiger partial charge in [-0.15, -0.1) is 11.3 Å². The summed E-state index contributed by atoms with van der Waals surface area (Å²) in [6.45, 7) is 1.54. The number of halogens is 1. The van der Waals surface area contributed by atoms with E-state index in [0.717, 1.165) is 30.1 Å². The summed E-state index contributed by atoms with van der Waals surface area (Å²) < 4.78 is 12.7. The fourth-order valence-electron chi connectivity index (χ4n) is 1.73. The van der Waals surface area contributed by atoms with Gasteiger partial charge in [0.05, 0.1) is 5.01 Å². The van der Waals surface area contributed by atoms with Crippen LogP contribution in [0.1, 0.15) is 21.1 Å². The van der Waals surface area contributed by atoms with Crippen molar-refractivity contribution in [3.05, 3.63) is 51.7 Å². The van der Waals surface area contributed by atoms with Crippen molar-refractivity contribution in [2.75, 3.05) is 13.1 Å². The van der Waals surface area contributed by atoms with E-state index < -0.39 is 5.97 Å². The van der Waals surface area contributed by atoms with Crippen molar-refractivity contribution in [3.63, 3.8) is 0 Å². The third-order valence-corrected chi connectivity index (χ3v) is 3.70. The molecule has 2 aromatic rings. The van der Waals surface area contributed by atoms with Crippen LogP contribution in [0.4, 0.5) is 4.39 Å². The van der Waals surface area contributed by atoms with Crippen LogP contribution in [0.25, 0.3) is 0 Å². The first-order valence-corrected chi connectivity index (χ1v) is 7.16. The van der Waals surface area contributed by atoms with Gasteiger partial charge in [0.15, 0.2) is 5.69 Å². The molecule has 0 bridgehead atoms. The Hall–Kier alpha value is -1.79. The Labute approximate surface area is 120 Å². The Morgan fingerprint density at radius 3 is 2.60 bits per heavy atom. The maximum absolute atomic E-state index is 12.7. The van der Waals surface area contributed by atoms with Crippen LogP contribution in [0.5, 0.6) is 0 Å². The van der Waals surface area contributed by atoms with E-state index in [1.807, 2.05) is 0 Å². The number of carboxylic acids is 1. The minimum absolute atomic E-state index is 0.108. The van der Waals surface area contributed by atoms with E-state index in [1.54, 1.807) is 17.5 Å². The summed E-state index contributed by atoms with van der Waals surface area (Å²) in [5.41, 5.74) is 1.19. The number of hydrogen-bond acceptors (Lipinski definition) is 4. The lowest BCUT2D eigenvalue weighted by Gasteiger charge is -2.03. The summed E-state index contributed by atoms with van der Waals surface area (Å²) in [6.07, 6.45) is 1.54. The zero-order chi connectivity index (χ0) is 14.4. The van der Waals surface area contributed by atoms with Crippen molar-refractivity contribution in [2.45, 2.75) is 12.8 Å². The average Bonchev–Trinajstić information content (AvgIpc) is 2.89. The van der Waals surface area contributed by atoms with Crippen LogP contribution in [-0.2, 0) is 12.8 Å². The highest BCUT2D eigenvalue weighted by molar-refractivity contribution is 7.09. The molecule has 0 aliphatic carbocycles. The van der Waals surface area contributed by atoms with Crippen LogP contribution in [0, 0.1) is 5.82 Å². The number of nitrogens with zero attached hydrogens (tertiary/aromatic N) is 1. The van der Waals surface area contributed by atoms with Gasteiger partial charge < -0.3 is 10.4 Å². The van der Waals surface area contributed by atoms with Crippen LogP contribution < -0.4 is 5.32 Å². The molecule has 106 valence electrons. The van der Waals surface area contributed by atoms with E-state index in [0.29, 0.717) is 6.42 Å². The minimum Gasteiger partial charge on any atom is -0.476 e. The Bertz CT molecular complexity index is 569. The predicted octanol–water partition coefficient (Wildman–Crippen LogP) is 2.36. The number of thiazole rings is 1. The summed E-state index contributed by atoms with van der Waals surface area (Å²) in [6, 6.07) is 6.46. The Kier molecular flexibility index (Phi) is 5.20. The number of aromatic nitrogens is 1. The van der Waals surface area contributed by atoms with E-state index in [-0.39, 0.29) is 11.5 Å². The number of hydrogen-bond donors (Lipinski definition) is 2. The van der Waals surface area contributed by atoms with Gasteiger partial charge in [0.2, 0.25) is 0 Å². The molecule has 2 N–H and O–H groups in total. The van der Waals surface area contributed by atoms with Gasteiger partial charge in [-0.05, 0) is 30.7 Å². The fraction of sp³-hybridized carbons (Fsp3) is 0.286. The second-order valence-corrected chi connectivity index (χ2v) is 5.25. The maximum Gasteiger partial charge on any atom is 0.355 e. The molecule has 0 saturated carbocycles. The molecule has 0 unspecified atom stereocenters. The minimum atomic E-state index is -0.989. The molecule has 1 aromatic carbocycles. The number of carbonyl (C=O) groups is 1. The lowest BCUT2D eigenvalue weighted by Crippen LogP contribution is -2.20. The molecule has 2 rings (SSSR count). The highest BCUT2D eigenvalue weighted by Crippen LogP contribution is 2.09. The molecule has 0 amide bonds. The summed E-state index contributed by atoms with van der Waals surface area (Å²) >= 11 is 1.36. The molecule has 20 heavy (non-hydrogen) atoms. The number of benzene rings is 1. The third-order valence-electron chi connectivity index (χ3n) is 2.79. The summed E-state index contributed by atoms with van der Waals surface area (Å²) in [7, 11) is 0. The Morgan fingerprint density at radius 2 is 1.95 bits per heavy atom. The molecule has 0 radical (unpaired) electrons. The molecule has 1 aromatic heterocycles. The first-order chi connectivity index (χ1) is 9.65. The quantitative estimate of drug-likeness (QED) is 0.770. The van der Waals surface area contributed by atoms with E-state index in [4.69, 9.17) is 5.11 Å². The first-order valence-electron chi connectivity index (χ1n) is 6.28. The molecular formula is C14H15FN2O2S. The van der Waals surface area contributed by atoms with Crippen LogP contribution >= 0.6 is 11.3 Å². The monoisotopic (exact) mass is 294 g/mol. The van der Waals surface area contributed by atoms with Gasteiger partial charge in [-0.2, -0.15) is 0 Å². The van der Waals surface area contributed by atoms with Gasteiger partial charge in [0.1, 0.15) is 5.82 Å². The highest BCUT2D eigenvalue weighted by atomic mass is 32.1. The standard InChI is InChI=1S/C14H15FN2O2S/c15-11-3-1-10(2-4-11)5-7-16-8-6-13-17-12(9-20-13)14(18)19/h1-4,9,16H,5-8H2,(H,18,19). The van der Waals surface area contributed by atoms with Crippen LogP contribution in [-0.4, -0.2) is 29.1 Å². The molecule has 1 heterocycles. The Balaban J connectivity index is 1.66. The van der Waals surface area contributed by atoms with Gasteiger partial charge in [-0.3, -0.25) is 0 Å².